The number of ether oxygens (including phenoxy) is 1. The molecular formula is C10H12O2. The van der Waals surface area contributed by atoms with Gasteiger partial charge in [-0.3, -0.25) is 0 Å². The zero-order valence-corrected chi connectivity index (χ0v) is 7.03. The molecule has 1 N–H and O–H groups in total. The van der Waals surface area contributed by atoms with E-state index in [-0.39, 0.29) is 5.76 Å². The average molecular weight is 164 g/mol. The van der Waals surface area contributed by atoms with Crippen LogP contribution in [-0.2, 0) is 11.2 Å². The quantitative estimate of drug-likeness (QED) is 0.694. The van der Waals surface area contributed by atoms with E-state index in [1.165, 1.54) is 13.4 Å². The smallest absolute Gasteiger partial charge is 0.131 e. The van der Waals surface area contributed by atoms with Gasteiger partial charge < -0.3 is 9.84 Å². The maximum atomic E-state index is 9.24. The van der Waals surface area contributed by atoms with Crippen LogP contribution in [0.4, 0.5) is 0 Å². The van der Waals surface area contributed by atoms with Gasteiger partial charge in [0, 0.05) is 6.42 Å². The van der Waals surface area contributed by atoms with Gasteiger partial charge in [-0.1, -0.05) is 30.3 Å². The number of rotatable bonds is 3. The van der Waals surface area contributed by atoms with Crippen molar-refractivity contribution in [3.63, 3.8) is 0 Å². The molecule has 12 heavy (non-hydrogen) atoms. The Hall–Kier alpha value is -1.44. The van der Waals surface area contributed by atoms with Crippen LogP contribution < -0.4 is 0 Å². The summed E-state index contributed by atoms with van der Waals surface area (Å²) >= 11 is 0. The third-order valence-corrected chi connectivity index (χ3v) is 1.48. The molecule has 2 nitrogen and oxygen atoms in total. The summed E-state index contributed by atoms with van der Waals surface area (Å²) in [5.74, 6) is 0.240. The minimum absolute atomic E-state index is 0.240. The number of methoxy groups -OCH3 is 1. The van der Waals surface area contributed by atoms with E-state index >= 15 is 0 Å². The lowest BCUT2D eigenvalue weighted by Gasteiger charge is -1.99. The zero-order chi connectivity index (χ0) is 8.81. The lowest BCUT2D eigenvalue weighted by atomic mass is 10.1. The molecule has 0 aliphatic rings. The van der Waals surface area contributed by atoms with Gasteiger partial charge in [0.15, 0.2) is 0 Å². The molecular weight excluding hydrogens is 152 g/mol. The molecule has 64 valence electrons. The molecule has 0 atom stereocenters. The highest BCUT2D eigenvalue weighted by molar-refractivity contribution is 5.18. The maximum absolute atomic E-state index is 9.24. The van der Waals surface area contributed by atoms with Crippen LogP contribution in [0.25, 0.3) is 0 Å². The number of hydrogen-bond acceptors (Lipinski definition) is 2. The lowest BCUT2D eigenvalue weighted by molar-refractivity contribution is 0.293. The first-order chi connectivity index (χ1) is 5.83. The second-order valence-corrected chi connectivity index (χ2v) is 2.51. The van der Waals surface area contributed by atoms with E-state index < -0.39 is 0 Å². The van der Waals surface area contributed by atoms with Gasteiger partial charge in [0.05, 0.1) is 7.11 Å². The van der Waals surface area contributed by atoms with Gasteiger partial charge in [-0.15, -0.1) is 0 Å². The average Bonchev–Trinajstić information content (AvgIpc) is 2.06. The van der Waals surface area contributed by atoms with E-state index in [1.807, 2.05) is 30.3 Å². The van der Waals surface area contributed by atoms with Crippen molar-refractivity contribution in [1.29, 1.82) is 0 Å². The second kappa shape index (κ2) is 4.44. The lowest BCUT2D eigenvalue weighted by Crippen LogP contribution is -1.89. The Morgan fingerprint density at radius 1 is 1.42 bits per heavy atom. The topological polar surface area (TPSA) is 29.5 Å². The Balaban J connectivity index is 2.58. The predicted molar refractivity (Wildman–Crippen MR) is 47.9 cm³/mol. The molecule has 2 heteroatoms. The van der Waals surface area contributed by atoms with Crippen molar-refractivity contribution in [2.75, 3.05) is 7.11 Å². The van der Waals surface area contributed by atoms with E-state index in [9.17, 15) is 5.11 Å². The van der Waals surface area contributed by atoms with E-state index in [4.69, 9.17) is 0 Å². The molecule has 0 bridgehead atoms. The van der Waals surface area contributed by atoms with Crippen LogP contribution in [0.1, 0.15) is 5.56 Å². The predicted octanol–water partition coefficient (Wildman–Crippen LogP) is 2.27. The Labute approximate surface area is 72.1 Å². The van der Waals surface area contributed by atoms with Crippen molar-refractivity contribution in [3.8, 4) is 0 Å². The normalized spacial score (nSPS) is 11.2. The fraction of sp³-hybridized carbons (Fsp3) is 0.200. The SMILES string of the molecule is CO/C=C(\O)Cc1ccccc1. The molecule has 0 unspecified atom stereocenters. The largest absolute Gasteiger partial charge is 0.509 e. The first-order valence-corrected chi connectivity index (χ1v) is 3.77. The molecule has 0 spiro atoms. The molecule has 1 aromatic rings. The molecule has 0 saturated carbocycles. The van der Waals surface area contributed by atoms with Gasteiger partial charge in [0.25, 0.3) is 0 Å². The first-order valence-electron chi connectivity index (χ1n) is 3.77. The summed E-state index contributed by atoms with van der Waals surface area (Å²) in [6.45, 7) is 0. The van der Waals surface area contributed by atoms with Crippen molar-refractivity contribution < 1.29 is 9.84 Å². The van der Waals surface area contributed by atoms with Crippen LogP contribution in [0, 0.1) is 0 Å². The molecule has 0 aliphatic heterocycles. The molecule has 0 saturated heterocycles. The summed E-state index contributed by atoms with van der Waals surface area (Å²) in [4.78, 5) is 0. The fourth-order valence-electron chi connectivity index (χ4n) is 0.983. The number of aliphatic hydroxyl groups is 1. The molecule has 0 heterocycles. The van der Waals surface area contributed by atoms with Crippen molar-refractivity contribution in [1.82, 2.24) is 0 Å². The van der Waals surface area contributed by atoms with Gasteiger partial charge in [0.2, 0.25) is 0 Å². The van der Waals surface area contributed by atoms with E-state index in [0.29, 0.717) is 6.42 Å². The van der Waals surface area contributed by atoms with E-state index in [2.05, 4.69) is 4.74 Å². The molecule has 0 amide bonds. The Bertz CT molecular complexity index is 252. The Morgan fingerprint density at radius 3 is 2.67 bits per heavy atom. The molecule has 1 aromatic carbocycles. The minimum Gasteiger partial charge on any atom is -0.509 e. The number of allylic oxidation sites excluding steroid dienone is 1. The summed E-state index contributed by atoms with van der Waals surface area (Å²) in [7, 11) is 1.52. The monoisotopic (exact) mass is 164 g/mol. The maximum Gasteiger partial charge on any atom is 0.131 e. The molecule has 0 aromatic heterocycles. The summed E-state index contributed by atoms with van der Waals surface area (Å²) in [5, 5.41) is 9.24. The fourth-order valence-corrected chi connectivity index (χ4v) is 0.983. The van der Waals surface area contributed by atoms with Gasteiger partial charge in [0.1, 0.15) is 12.0 Å². The standard InChI is InChI=1S/C10H12O2/c1-12-8-10(11)7-9-5-3-2-4-6-9/h2-6,8,11H,7H2,1H3/b10-8-. The third-order valence-electron chi connectivity index (χ3n) is 1.48. The summed E-state index contributed by atoms with van der Waals surface area (Å²) in [6.07, 6.45) is 1.86. The van der Waals surface area contributed by atoms with E-state index in [1.54, 1.807) is 0 Å². The van der Waals surface area contributed by atoms with Crippen molar-refractivity contribution in [2.24, 2.45) is 0 Å². The van der Waals surface area contributed by atoms with Gasteiger partial charge in [-0.25, -0.2) is 0 Å². The molecule has 0 radical (unpaired) electrons. The molecule has 1 rings (SSSR count). The Morgan fingerprint density at radius 2 is 2.08 bits per heavy atom. The van der Waals surface area contributed by atoms with Crippen LogP contribution in [-0.4, -0.2) is 12.2 Å². The molecule has 0 aliphatic carbocycles. The number of aliphatic hydroxyl groups excluding tert-OH is 1. The highest BCUT2D eigenvalue weighted by Gasteiger charge is 1.94. The highest BCUT2D eigenvalue weighted by atomic mass is 16.5. The van der Waals surface area contributed by atoms with Gasteiger partial charge in [-0.2, -0.15) is 0 Å². The van der Waals surface area contributed by atoms with Crippen LogP contribution in [0.5, 0.6) is 0 Å². The number of benzene rings is 1. The van der Waals surface area contributed by atoms with Gasteiger partial charge in [-0.05, 0) is 5.56 Å². The second-order valence-electron chi connectivity index (χ2n) is 2.51. The Kier molecular flexibility index (Phi) is 3.20. The molecule has 0 fully saturated rings. The van der Waals surface area contributed by atoms with Crippen molar-refractivity contribution in [2.45, 2.75) is 6.42 Å². The van der Waals surface area contributed by atoms with Crippen LogP contribution in [0.3, 0.4) is 0 Å². The highest BCUT2D eigenvalue weighted by Crippen LogP contribution is 2.04. The summed E-state index contributed by atoms with van der Waals surface area (Å²) < 4.78 is 4.66. The first kappa shape index (κ1) is 8.65. The van der Waals surface area contributed by atoms with Crippen molar-refractivity contribution >= 4 is 0 Å². The van der Waals surface area contributed by atoms with Crippen LogP contribution >= 0.6 is 0 Å². The van der Waals surface area contributed by atoms with Crippen LogP contribution in [0.2, 0.25) is 0 Å². The summed E-state index contributed by atoms with van der Waals surface area (Å²) in [5.41, 5.74) is 1.07. The summed E-state index contributed by atoms with van der Waals surface area (Å²) in [6, 6.07) is 9.74. The zero-order valence-electron chi connectivity index (χ0n) is 7.03. The third kappa shape index (κ3) is 2.66. The van der Waals surface area contributed by atoms with E-state index in [0.717, 1.165) is 5.56 Å². The van der Waals surface area contributed by atoms with Crippen molar-refractivity contribution in [3.05, 3.63) is 47.9 Å². The van der Waals surface area contributed by atoms with Gasteiger partial charge >= 0.3 is 0 Å². The van der Waals surface area contributed by atoms with Crippen LogP contribution in [0.15, 0.2) is 42.4 Å². The number of hydrogen-bond donors (Lipinski definition) is 1. The minimum atomic E-state index is 0.240.